The van der Waals surface area contributed by atoms with Gasteiger partial charge in [0.1, 0.15) is 11.6 Å². The zero-order valence-electron chi connectivity index (χ0n) is 16.9. The first-order valence-corrected chi connectivity index (χ1v) is 10.5. The van der Waals surface area contributed by atoms with Crippen molar-refractivity contribution in [1.82, 2.24) is 20.3 Å². The van der Waals surface area contributed by atoms with Crippen LogP contribution in [0.25, 0.3) is 0 Å². The summed E-state index contributed by atoms with van der Waals surface area (Å²) in [6.45, 7) is 5.40. The number of nitrogens with zero attached hydrogens (tertiary/aromatic N) is 4. The lowest BCUT2D eigenvalue weighted by Crippen LogP contribution is -2.22. The second-order valence-corrected chi connectivity index (χ2v) is 7.57. The van der Waals surface area contributed by atoms with Crippen LogP contribution < -0.4 is 10.2 Å². The van der Waals surface area contributed by atoms with Gasteiger partial charge in [-0.3, -0.25) is 9.78 Å². The van der Waals surface area contributed by atoms with Crippen LogP contribution in [0, 0.1) is 6.92 Å². The highest BCUT2D eigenvalue weighted by Crippen LogP contribution is 2.23. The Morgan fingerprint density at radius 1 is 1.24 bits per heavy atom. The lowest BCUT2D eigenvalue weighted by Gasteiger charge is -2.17. The number of hydrogen-bond acceptors (Lipinski definition) is 7. The van der Waals surface area contributed by atoms with Crippen LogP contribution in [0.4, 0.5) is 5.82 Å². The first-order chi connectivity index (χ1) is 14.0. The fourth-order valence-corrected chi connectivity index (χ4v) is 3.50. The van der Waals surface area contributed by atoms with Crippen LogP contribution in [0.1, 0.15) is 41.0 Å². The van der Waals surface area contributed by atoms with Gasteiger partial charge in [-0.15, -0.1) is 0 Å². The smallest absolute Gasteiger partial charge is 0.287 e. The molecule has 0 saturated heterocycles. The zero-order chi connectivity index (χ0) is 20.6. The molecule has 1 amide bonds. The average molecular weight is 412 g/mol. The molecule has 7 nitrogen and oxygen atoms in total. The summed E-state index contributed by atoms with van der Waals surface area (Å²) in [5, 5.41) is 3.50. The number of furan rings is 1. The van der Waals surface area contributed by atoms with Crippen LogP contribution in [0.3, 0.4) is 0 Å². The predicted molar refractivity (Wildman–Crippen MR) is 114 cm³/mol. The minimum absolute atomic E-state index is 0.262. The third-order valence-corrected chi connectivity index (χ3v) is 5.03. The molecule has 0 atom stereocenters. The maximum absolute atomic E-state index is 12.3. The quantitative estimate of drug-likeness (QED) is 0.423. The highest BCUT2D eigenvalue weighted by molar-refractivity contribution is 7.98. The van der Waals surface area contributed by atoms with Crippen molar-refractivity contribution >= 4 is 23.5 Å². The molecule has 0 aliphatic rings. The maximum Gasteiger partial charge on any atom is 0.287 e. The molecule has 152 valence electrons. The molecule has 3 aromatic rings. The van der Waals surface area contributed by atoms with Crippen molar-refractivity contribution < 1.29 is 9.21 Å². The number of amides is 1. The molecule has 0 unspecified atom stereocenters. The van der Waals surface area contributed by atoms with E-state index in [1.165, 1.54) is 11.8 Å². The van der Waals surface area contributed by atoms with Crippen LogP contribution in [0.15, 0.2) is 52.2 Å². The number of thioether (sulfide) groups is 1. The van der Waals surface area contributed by atoms with E-state index in [1.54, 1.807) is 12.3 Å². The molecule has 8 heteroatoms. The molecule has 3 rings (SSSR count). The molecule has 0 aromatic carbocycles. The first kappa shape index (κ1) is 20.9. The summed E-state index contributed by atoms with van der Waals surface area (Å²) in [6, 6.07) is 11.1. The Bertz CT molecular complexity index is 945. The van der Waals surface area contributed by atoms with E-state index in [0.29, 0.717) is 23.2 Å². The molecule has 0 bridgehead atoms. The van der Waals surface area contributed by atoms with Crippen LogP contribution in [0.5, 0.6) is 0 Å². The molecule has 0 saturated carbocycles. The Labute approximate surface area is 175 Å². The van der Waals surface area contributed by atoms with Crippen LogP contribution in [-0.4, -0.2) is 34.5 Å². The van der Waals surface area contributed by atoms with Gasteiger partial charge < -0.3 is 14.6 Å². The number of hydrogen-bond donors (Lipinski definition) is 1. The Hall–Kier alpha value is -2.87. The standard InChI is InChI=1S/C21H25N5O2S/c1-4-11-26(3)19-12-15(2)24-21(25-19)29-14-17-8-9-18(28-17)20(27)23-13-16-7-5-6-10-22-16/h5-10,12H,4,11,13-14H2,1-3H3,(H,23,27). The minimum atomic E-state index is -0.262. The SMILES string of the molecule is CCCN(C)c1cc(C)nc(SCc2ccc(C(=O)NCc3ccccn3)o2)n1. The van der Waals surface area contributed by atoms with Gasteiger partial charge >= 0.3 is 0 Å². The Morgan fingerprint density at radius 2 is 2.10 bits per heavy atom. The molecule has 0 fully saturated rings. The van der Waals surface area contributed by atoms with E-state index in [2.05, 4.69) is 32.1 Å². The van der Waals surface area contributed by atoms with Gasteiger partial charge in [-0.2, -0.15) is 0 Å². The number of aryl methyl sites for hydroxylation is 1. The normalized spacial score (nSPS) is 10.7. The van der Waals surface area contributed by atoms with Crippen molar-refractivity contribution in [2.24, 2.45) is 0 Å². The van der Waals surface area contributed by atoms with E-state index < -0.39 is 0 Å². The molecule has 0 spiro atoms. The van der Waals surface area contributed by atoms with Crippen molar-refractivity contribution in [3.8, 4) is 0 Å². The number of pyridine rings is 1. The summed E-state index contributed by atoms with van der Waals surface area (Å²) in [4.78, 5) is 27.7. The number of nitrogens with one attached hydrogen (secondary N) is 1. The molecule has 3 heterocycles. The summed E-state index contributed by atoms with van der Waals surface area (Å²) in [5.74, 6) is 2.18. The third-order valence-electron chi connectivity index (χ3n) is 4.16. The van der Waals surface area contributed by atoms with Gasteiger partial charge in [0.2, 0.25) is 0 Å². The average Bonchev–Trinajstić information content (AvgIpc) is 3.20. The van der Waals surface area contributed by atoms with Gasteiger partial charge in [-0.25, -0.2) is 9.97 Å². The third kappa shape index (κ3) is 6.05. The summed E-state index contributed by atoms with van der Waals surface area (Å²) in [5.41, 5.74) is 1.72. The number of carbonyl (C=O) groups is 1. The fourth-order valence-electron chi connectivity index (χ4n) is 2.71. The molecule has 1 N–H and O–H groups in total. The molecule has 29 heavy (non-hydrogen) atoms. The Balaban J connectivity index is 1.57. The number of rotatable bonds is 9. The monoisotopic (exact) mass is 411 g/mol. The van der Waals surface area contributed by atoms with Crippen molar-refractivity contribution in [2.75, 3.05) is 18.5 Å². The Kier molecular flexibility index (Phi) is 7.24. The van der Waals surface area contributed by atoms with Crippen molar-refractivity contribution in [2.45, 2.75) is 37.7 Å². The van der Waals surface area contributed by atoms with E-state index in [1.807, 2.05) is 44.3 Å². The van der Waals surface area contributed by atoms with Gasteiger partial charge in [0.15, 0.2) is 10.9 Å². The second-order valence-electron chi connectivity index (χ2n) is 6.63. The van der Waals surface area contributed by atoms with E-state index >= 15 is 0 Å². The van der Waals surface area contributed by atoms with Crippen LogP contribution >= 0.6 is 11.8 Å². The summed E-state index contributed by atoms with van der Waals surface area (Å²) in [6.07, 6.45) is 2.75. The topological polar surface area (TPSA) is 84.2 Å². The van der Waals surface area contributed by atoms with Crippen molar-refractivity contribution in [3.63, 3.8) is 0 Å². The molecular formula is C21H25N5O2S. The molecule has 3 aromatic heterocycles. The molecule has 0 aliphatic carbocycles. The highest BCUT2D eigenvalue weighted by atomic mass is 32.2. The summed E-state index contributed by atoms with van der Waals surface area (Å²) < 4.78 is 5.68. The Morgan fingerprint density at radius 3 is 2.86 bits per heavy atom. The number of anilines is 1. The van der Waals surface area contributed by atoms with Crippen LogP contribution in [0.2, 0.25) is 0 Å². The van der Waals surface area contributed by atoms with Gasteiger partial charge in [-0.1, -0.05) is 24.8 Å². The van der Waals surface area contributed by atoms with Crippen molar-refractivity contribution in [3.05, 3.63) is 65.5 Å². The lowest BCUT2D eigenvalue weighted by atomic mass is 10.3. The lowest BCUT2D eigenvalue weighted by molar-refractivity contribution is 0.0921. The predicted octanol–water partition coefficient (Wildman–Crippen LogP) is 3.84. The number of carbonyl (C=O) groups excluding carboxylic acids is 1. The minimum Gasteiger partial charge on any atom is -0.455 e. The van der Waals surface area contributed by atoms with E-state index in [4.69, 9.17) is 4.42 Å². The summed E-state index contributed by atoms with van der Waals surface area (Å²) >= 11 is 1.49. The molecule has 0 radical (unpaired) electrons. The molecule has 0 aliphatic heterocycles. The summed E-state index contributed by atoms with van der Waals surface area (Å²) in [7, 11) is 2.03. The van der Waals surface area contributed by atoms with Gasteiger partial charge in [-0.05, 0) is 37.6 Å². The van der Waals surface area contributed by atoms with Crippen LogP contribution in [-0.2, 0) is 12.3 Å². The fraction of sp³-hybridized carbons (Fsp3) is 0.333. The van der Waals surface area contributed by atoms with E-state index in [-0.39, 0.29) is 11.7 Å². The largest absolute Gasteiger partial charge is 0.455 e. The van der Waals surface area contributed by atoms with E-state index in [0.717, 1.165) is 30.2 Å². The first-order valence-electron chi connectivity index (χ1n) is 9.51. The zero-order valence-corrected chi connectivity index (χ0v) is 17.7. The van der Waals surface area contributed by atoms with Gasteiger partial charge in [0.25, 0.3) is 5.91 Å². The van der Waals surface area contributed by atoms with E-state index in [9.17, 15) is 4.79 Å². The van der Waals surface area contributed by atoms with Gasteiger partial charge in [0.05, 0.1) is 18.0 Å². The maximum atomic E-state index is 12.3. The molecular weight excluding hydrogens is 386 g/mol. The number of aromatic nitrogens is 3. The van der Waals surface area contributed by atoms with Crippen molar-refractivity contribution in [1.29, 1.82) is 0 Å². The van der Waals surface area contributed by atoms with Gasteiger partial charge in [0, 0.05) is 31.5 Å². The highest BCUT2D eigenvalue weighted by Gasteiger charge is 2.13. The second kappa shape index (κ2) is 10.1.